The van der Waals surface area contributed by atoms with E-state index in [2.05, 4.69) is 24.3 Å². The Bertz CT molecular complexity index is 1470. The maximum Gasteiger partial charge on any atom is 0.244 e. The lowest BCUT2D eigenvalue weighted by atomic mass is 9.56. The van der Waals surface area contributed by atoms with Crippen LogP contribution in [0.3, 0.4) is 0 Å². The van der Waals surface area contributed by atoms with E-state index in [0.717, 1.165) is 22.3 Å². The predicted octanol–water partition coefficient (Wildman–Crippen LogP) is 5.56. The fraction of sp³-hybridized carbons (Fsp3) is 0.161. The summed E-state index contributed by atoms with van der Waals surface area (Å²) in [6, 6.07) is 37.5. The van der Waals surface area contributed by atoms with Gasteiger partial charge in [-0.1, -0.05) is 103 Å². The van der Waals surface area contributed by atoms with Gasteiger partial charge in [0.05, 0.1) is 11.1 Å². The average molecular weight is 458 g/mol. The lowest BCUT2D eigenvalue weighted by molar-refractivity contribution is -0.135. The number of anilines is 1. The molecule has 0 N–H and O–H groups in total. The molecule has 0 aromatic heterocycles. The Morgan fingerprint density at radius 3 is 1.83 bits per heavy atom. The first kappa shape index (κ1) is 20.4. The minimum atomic E-state index is -1.07. The summed E-state index contributed by atoms with van der Waals surface area (Å²) < 4.78 is 7.23. The summed E-state index contributed by atoms with van der Waals surface area (Å²) in [5.41, 5.74) is 1.59. The number of carbonyl (C=O) groups excluding carboxylic acids is 2. The summed E-state index contributed by atoms with van der Waals surface area (Å²) in [5.74, 6) is -0.377. The van der Waals surface area contributed by atoms with Crippen molar-refractivity contribution in [3.63, 3.8) is 0 Å². The van der Waals surface area contributed by atoms with Crippen LogP contribution in [0.4, 0.5) is 5.69 Å². The van der Waals surface area contributed by atoms with Crippen LogP contribution in [0.1, 0.15) is 35.1 Å². The van der Waals surface area contributed by atoms with E-state index < -0.39 is 16.6 Å². The number of ether oxygens (including phenoxy) is 1. The Morgan fingerprint density at radius 2 is 1.17 bits per heavy atom. The van der Waals surface area contributed by atoms with Crippen molar-refractivity contribution in [3.8, 4) is 0 Å². The molecular formula is C31H23NO3. The first-order valence-electron chi connectivity index (χ1n) is 12.0. The number of carbonyl (C=O) groups is 2. The molecule has 0 saturated carbocycles. The molecular weight excluding hydrogens is 434 g/mol. The first-order chi connectivity index (χ1) is 17.1. The number of nitrogens with zero attached hydrogens (tertiary/aromatic N) is 1. The molecule has 2 fully saturated rings. The maximum absolute atomic E-state index is 14.5. The Balaban J connectivity index is 1.54. The van der Waals surface area contributed by atoms with E-state index in [1.165, 1.54) is 4.90 Å². The summed E-state index contributed by atoms with van der Waals surface area (Å²) in [4.78, 5) is 29.5. The Morgan fingerprint density at radius 1 is 0.629 bits per heavy atom. The molecule has 4 aromatic carbocycles. The van der Waals surface area contributed by atoms with Crippen LogP contribution in [0.15, 0.2) is 115 Å². The molecule has 35 heavy (non-hydrogen) atoms. The van der Waals surface area contributed by atoms with Crippen LogP contribution in [0.25, 0.3) is 0 Å². The number of rotatable bonds is 3. The van der Waals surface area contributed by atoms with Gasteiger partial charge in [0.25, 0.3) is 0 Å². The van der Waals surface area contributed by atoms with Crippen LogP contribution in [-0.4, -0.2) is 11.8 Å². The van der Waals surface area contributed by atoms with Crippen molar-refractivity contribution in [2.45, 2.75) is 24.0 Å². The summed E-state index contributed by atoms with van der Waals surface area (Å²) in [6.45, 7) is 0. The van der Waals surface area contributed by atoms with Gasteiger partial charge >= 0.3 is 0 Å². The highest BCUT2D eigenvalue weighted by Gasteiger charge is 2.78. The fourth-order valence-electron chi connectivity index (χ4n) is 6.73. The number of imide groups is 1. The molecule has 170 valence electrons. The highest BCUT2D eigenvalue weighted by molar-refractivity contribution is 6.23. The number of fused-ring (bicyclic) bond motifs is 6. The Labute approximate surface area is 203 Å². The van der Waals surface area contributed by atoms with Crippen LogP contribution >= 0.6 is 0 Å². The zero-order valence-electron chi connectivity index (χ0n) is 19.1. The van der Waals surface area contributed by atoms with Crippen molar-refractivity contribution in [2.24, 2.45) is 5.41 Å². The van der Waals surface area contributed by atoms with Gasteiger partial charge in [-0.25, -0.2) is 4.90 Å². The van der Waals surface area contributed by atoms with E-state index in [-0.39, 0.29) is 18.2 Å². The molecule has 3 heterocycles. The summed E-state index contributed by atoms with van der Waals surface area (Å²) >= 11 is 0. The smallest absolute Gasteiger partial charge is 0.244 e. The molecule has 3 atom stereocenters. The Kier molecular flexibility index (Phi) is 4.07. The van der Waals surface area contributed by atoms with E-state index in [1.54, 1.807) is 0 Å². The second kappa shape index (κ2) is 7.00. The van der Waals surface area contributed by atoms with E-state index in [1.807, 2.05) is 91.0 Å². The number of benzene rings is 4. The number of amides is 2. The van der Waals surface area contributed by atoms with Gasteiger partial charge in [-0.15, -0.1) is 0 Å². The third-order valence-electron chi connectivity index (χ3n) is 8.04. The zero-order valence-corrected chi connectivity index (χ0v) is 19.1. The second-order valence-corrected chi connectivity index (χ2v) is 9.69. The third kappa shape index (κ3) is 2.40. The summed E-state index contributed by atoms with van der Waals surface area (Å²) in [6.07, 6.45) is 0.502. The van der Waals surface area contributed by atoms with E-state index in [4.69, 9.17) is 4.74 Å². The fourth-order valence-corrected chi connectivity index (χ4v) is 6.73. The highest BCUT2D eigenvalue weighted by Crippen LogP contribution is 2.73. The van der Waals surface area contributed by atoms with Crippen molar-refractivity contribution in [3.05, 3.63) is 138 Å². The van der Waals surface area contributed by atoms with Gasteiger partial charge in [0.2, 0.25) is 11.8 Å². The van der Waals surface area contributed by atoms with Crippen molar-refractivity contribution in [2.75, 3.05) is 4.90 Å². The van der Waals surface area contributed by atoms with Crippen molar-refractivity contribution >= 4 is 17.5 Å². The lowest BCUT2D eigenvalue weighted by Gasteiger charge is -2.41. The van der Waals surface area contributed by atoms with Crippen molar-refractivity contribution in [1.82, 2.24) is 0 Å². The molecule has 2 amide bonds. The normalized spacial score (nSPS) is 28.6. The van der Waals surface area contributed by atoms with Crippen LogP contribution in [0.2, 0.25) is 0 Å². The molecule has 0 radical (unpaired) electrons. The monoisotopic (exact) mass is 457 g/mol. The molecule has 4 aromatic rings. The molecule has 0 unspecified atom stereocenters. The van der Waals surface area contributed by atoms with Crippen LogP contribution in [-0.2, 0) is 25.5 Å². The second-order valence-electron chi connectivity index (χ2n) is 9.69. The molecule has 1 spiro atoms. The maximum atomic E-state index is 14.5. The van der Waals surface area contributed by atoms with Crippen molar-refractivity contribution in [1.29, 1.82) is 0 Å². The molecule has 2 saturated heterocycles. The molecule has 4 heteroatoms. The van der Waals surface area contributed by atoms with Gasteiger partial charge in [-0.05, 0) is 34.4 Å². The highest BCUT2D eigenvalue weighted by atomic mass is 16.5. The molecule has 7 rings (SSSR count). The molecule has 4 nitrogen and oxygen atoms in total. The van der Waals surface area contributed by atoms with Gasteiger partial charge in [0, 0.05) is 12.8 Å². The van der Waals surface area contributed by atoms with E-state index in [0.29, 0.717) is 12.1 Å². The number of para-hydroxylation sites is 1. The van der Waals surface area contributed by atoms with Crippen LogP contribution in [0.5, 0.6) is 0 Å². The first-order valence-corrected chi connectivity index (χ1v) is 12.0. The summed E-state index contributed by atoms with van der Waals surface area (Å²) in [7, 11) is 0. The zero-order chi connectivity index (χ0) is 23.7. The lowest BCUT2D eigenvalue weighted by Crippen LogP contribution is -2.50. The van der Waals surface area contributed by atoms with Crippen LogP contribution in [0, 0.1) is 5.41 Å². The molecule has 0 aliphatic carbocycles. The summed E-state index contributed by atoms with van der Waals surface area (Å²) in [5, 5.41) is 0. The van der Waals surface area contributed by atoms with Gasteiger partial charge in [0.1, 0.15) is 11.2 Å². The quantitative estimate of drug-likeness (QED) is 0.379. The SMILES string of the molecule is O=C1C[C@@]2(C[C@]3(c4ccccc4)O[C@@]2(c2ccccc2)c2ccccc23)C(=O)N1c1ccccc1. The Hall–Kier alpha value is -4.02. The van der Waals surface area contributed by atoms with E-state index in [9.17, 15) is 9.59 Å². The van der Waals surface area contributed by atoms with E-state index >= 15 is 0 Å². The van der Waals surface area contributed by atoms with Gasteiger partial charge in [0.15, 0.2) is 0 Å². The average Bonchev–Trinajstić information content (AvgIpc) is 3.49. The van der Waals surface area contributed by atoms with Crippen LogP contribution < -0.4 is 4.90 Å². The topological polar surface area (TPSA) is 46.6 Å². The van der Waals surface area contributed by atoms with Crippen molar-refractivity contribution < 1.29 is 14.3 Å². The molecule has 2 bridgehead atoms. The molecule has 3 aliphatic rings. The van der Waals surface area contributed by atoms with Gasteiger partial charge < -0.3 is 4.74 Å². The minimum absolute atomic E-state index is 0.0958. The third-order valence-corrected chi connectivity index (χ3v) is 8.04. The standard InChI is InChI=1S/C31H23NO3/c33-27-20-29(28(34)32(27)24-16-8-3-9-17-24)21-30(22-12-4-1-5-13-22)25-18-10-11-19-26(25)31(29,35-30)23-14-6-2-7-15-23/h1-19H,20-21H2/t29-,30-,31+/m1/s1. The minimum Gasteiger partial charge on any atom is -0.348 e. The molecule has 3 aliphatic heterocycles. The van der Waals surface area contributed by atoms with Gasteiger partial charge in [-0.2, -0.15) is 0 Å². The predicted molar refractivity (Wildman–Crippen MR) is 133 cm³/mol. The largest absolute Gasteiger partial charge is 0.348 e. The number of hydrogen-bond acceptors (Lipinski definition) is 3. The number of hydrogen-bond donors (Lipinski definition) is 0. The van der Waals surface area contributed by atoms with Gasteiger partial charge in [-0.3, -0.25) is 9.59 Å².